The van der Waals surface area contributed by atoms with E-state index in [0.717, 1.165) is 17.7 Å². The van der Waals surface area contributed by atoms with Crippen molar-refractivity contribution in [2.45, 2.75) is 50.5 Å². The molecule has 2 aliphatic carbocycles. The van der Waals surface area contributed by atoms with Crippen LogP contribution < -0.4 is 4.74 Å². The summed E-state index contributed by atoms with van der Waals surface area (Å²) in [6.07, 6.45) is 8.31. The molecule has 3 aliphatic rings. The van der Waals surface area contributed by atoms with E-state index in [2.05, 4.69) is 52.7 Å². The van der Waals surface area contributed by atoms with Gasteiger partial charge in [0.05, 0.1) is 7.11 Å². The fraction of sp³-hybridized carbons (Fsp3) is 0.684. The first-order valence-electron chi connectivity index (χ1n) is 8.49. The molecule has 2 fully saturated rings. The predicted octanol–water partition coefficient (Wildman–Crippen LogP) is 4.65. The van der Waals surface area contributed by atoms with Gasteiger partial charge in [0.25, 0.3) is 0 Å². The van der Waals surface area contributed by atoms with E-state index in [9.17, 15) is 0 Å². The molecule has 1 heterocycles. The molecule has 22 heavy (non-hydrogen) atoms. The normalized spacial score (nSPS) is 33.1. The number of fused-ring (bicyclic) bond motifs is 2. The highest BCUT2D eigenvalue weighted by molar-refractivity contribution is 14.1. The van der Waals surface area contributed by atoms with E-state index in [-0.39, 0.29) is 0 Å². The van der Waals surface area contributed by atoms with Gasteiger partial charge in [-0.25, -0.2) is 0 Å². The van der Waals surface area contributed by atoms with E-state index >= 15 is 0 Å². The number of ether oxygens (including phenoxy) is 1. The van der Waals surface area contributed by atoms with Gasteiger partial charge in [-0.1, -0.05) is 41.5 Å². The summed E-state index contributed by atoms with van der Waals surface area (Å²) in [6.45, 7) is 1.28. The van der Waals surface area contributed by atoms with Crippen molar-refractivity contribution in [2.75, 3.05) is 25.6 Å². The maximum absolute atomic E-state index is 5.44. The van der Waals surface area contributed by atoms with Crippen LogP contribution in [0.1, 0.15) is 49.1 Å². The van der Waals surface area contributed by atoms with Gasteiger partial charge in [-0.2, -0.15) is 0 Å². The lowest BCUT2D eigenvalue weighted by Gasteiger charge is -2.51. The van der Waals surface area contributed by atoms with Crippen molar-refractivity contribution in [3.8, 4) is 5.75 Å². The van der Waals surface area contributed by atoms with E-state index in [4.69, 9.17) is 4.74 Å². The number of likely N-dealkylation sites (N-methyl/N-ethyl adjacent to an activating group) is 1. The molecule has 1 saturated carbocycles. The molecule has 2 nitrogen and oxygen atoms in total. The summed E-state index contributed by atoms with van der Waals surface area (Å²) >= 11 is 2.15. The lowest BCUT2D eigenvalue weighted by molar-refractivity contribution is 0.0807. The van der Waals surface area contributed by atoms with Crippen molar-refractivity contribution in [3.05, 3.63) is 29.3 Å². The molecular formula is C19H28INO. The van der Waals surface area contributed by atoms with Gasteiger partial charge in [-0.3, -0.25) is 0 Å². The number of rotatable bonds is 1. The van der Waals surface area contributed by atoms with Crippen LogP contribution in [-0.2, 0) is 6.42 Å². The molecule has 4 rings (SSSR count). The van der Waals surface area contributed by atoms with Crippen molar-refractivity contribution in [1.82, 2.24) is 4.90 Å². The van der Waals surface area contributed by atoms with E-state index in [1.54, 1.807) is 18.2 Å². The van der Waals surface area contributed by atoms with Crippen LogP contribution in [0.5, 0.6) is 5.75 Å². The average molecular weight is 413 g/mol. The van der Waals surface area contributed by atoms with Crippen LogP contribution in [0.4, 0.5) is 0 Å². The summed E-state index contributed by atoms with van der Waals surface area (Å²) in [5.74, 6) is 1.81. The molecular weight excluding hydrogens is 385 g/mol. The van der Waals surface area contributed by atoms with Gasteiger partial charge in [0, 0.05) is 6.04 Å². The number of hydrogen-bond acceptors (Lipinski definition) is 2. The van der Waals surface area contributed by atoms with Crippen LogP contribution in [0.15, 0.2) is 18.2 Å². The predicted molar refractivity (Wildman–Crippen MR) is 101 cm³/mol. The first-order chi connectivity index (χ1) is 10.7. The number of hydrogen-bond donors (Lipinski definition) is 0. The van der Waals surface area contributed by atoms with Crippen LogP contribution in [-0.4, -0.2) is 36.6 Å². The third-order valence-corrected chi connectivity index (χ3v) is 6.34. The van der Waals surface area contributed by atoms with Crippen molar-refractivity contribution in [2.24, 2.45) is 5.41 Å². The molecule has 0 bridgehead atoms. The van der Waals surface area contributed by atoms with E-state index in [0.29, 0.717) is 5.41 Å². The molecule has 0 amide bonds. The molecule has 1 aromatic carbocycles. The Labute approximate surface area is 148 Å². The summed E-state index contributed by atoms with van der Waals surface area (Å²) in [5, 5.41) is 0. The number of benzene rings is 1. The van der Waals surface area contributed by atoms with Crippen LogP contribution in [0, 0.1) is 5.41 Å². The van der Waals surface area contributed by atoms with E-state index < -0.39 is 0 Å². The van der Waals surface area contributed by atoms with Gasteiger partial charge in [-0.15, -0.1) is 0 Å². The Bertz CT molecular complexity index is 528. The molecule has 3 atom stereocenters. The second kappa shape index (κ2) is 6.68. The van der Waals surface area contributed by atoms with Gasteiger partial charge < -0.3 is 9.64 Å². The van der Waals surface area contributed by atoms with Crippen LogP contribution in [0.25, 0.3) is 0 Å². The third kappa shape index (κ3) is 2.48. The molecule has 0 radical (unpaired) electrons. The fourth-order valence-electron chi connectivity index (χ4n) is 5.37. The number of halogens is 1. The lowest BCUT2D eigenvalue weighted by Crippen LogP contribution is -2.48. The second-order valence-corrected chi connectivity index (χ2v) is 7.05. The molecule has 3 heteroatoms. The Morgan fingerprint density at radius 3 is 2.82 bits per heavy atom. The molecule has 1 aliphatic heterocycles. The summed E-state index contributed by atoms with van der Waals surface area (Å²) in [6, 6.07) is 7.58. The van der Waals surface area contributed by atoms with Crippen LogP contribution >= 0.6 is 22.6 Å². The molecule has 1 spiro atoms. The monoisotopic (exact) mass is 413 g/mol. The largest absolute Gasteiger partial charge is 0.497 e. The highest BCUT2D eigenvalue weighted by Crippen LogP contribution is 2.59. The van der Waals surface area contributed by atoms with Gasteiger partial charge in [0.1, 0.15) is 5.75 Å². The minimum Gasteiger partial charge on any atom is -0.497 e. The topological polar surface area (TPSA) is 12.5 Å². The summed E-state index contributed by atoms with van der Waals surface area (Å²) in [5.41, 5.74) is 3.76. The SMILES string of the molecule is CI.COc1ccc2c(c1)CC1N(C)CCC13CCCCC23. The zero-order chi connectivity index (χ0) is 15.7. The molecule has 0 aromatic heterocycles. The van der Waals surface area contributed by atoms with Gasteiger partial charge in [0.15, 0.2) is 0 Å². The molecule has 1 saturated heterocycles. The van der Waals surface area contributed by atoms with Gasteiger partial charge in [-0.05, 0) is 78.8 Å². The van der Waals surface area contributed by atoms with Crippen LogP contribution in [0.3, 0.4) is 0 Å². The summed E-state index contributed by atoms with van der Waals surface area (Å²) in [7, 11) is 4.10. The highest BCUT2D eigenvalue weighted by atomic mass is 127. The average Bonchev–Trinajstić information content (AvgIpc) is 2.90. The van der Waals surface area contributed by atoms with E-state index in [1.807, 2.05) is 4.93 Å². The Kier molecular flexibility index (Phi) is 5.03. The maximum Gasteiger partial charge on any atom is 0.119 e. The summed E-state index contributed by atoms with van der Waals surface area (Å²) in [4.78, 5) is 4.60. The van der Waals surface area contributed by atoms with Gasteiger partial charge in [0.2, 0.25) is 0 Å². The number of likely N-dealkylation sites (tertiary alicyclic amines) is 1. The fourth-order valence-corrected chi connectivity index (χ4v) is 5.37. The van der Waals surface area contributed by atoms with E-state index in [1.165, 1.54) is 45.1 Å². The number of methoxy groups -OCH3 is 1. The van der Waals surface area contributed by atoms with Crippen molar-refractivity contribution >= 4 is 22.6 Å². The summed E-state index contributed by atoms with van der Waals surface area (Å²) < 4.78 is 5.44. The second-order valence-electron chi connectivity index (χ2n) is 7.05. The first-order valence-corrected chi connectivity index (χ1v) is 10.7. The smallest absolute Gasteiger partial charge is 0.119 e. The zero-order valence-corrected chi connectivity index (χ0v) is 16.2. The zero-order valence-electron chi connectivity index (χ0n) is 14.1. The Morgan fingerprint density at radius 2 is 2.05 bits per heavy atom. The van der Waals surface area contributed by atoms with Crippen molar-refractivity contribution < 1.29 is 4.74 Å². The lowest BCUT2D eigenvalue weighted by atomic mass is 9.55. The Morgan fingerprint density at radius 1 is 1.23 bits per heavy atom. The third-order valence-electron chi connectivity index (χ3n) is 6.34. The number of alkyl halides is 1. The quantitative estimate of drug-likeness (QED) is 0.491. The Balaban J connectivity index is 0.000000693. The Hall–Kier alpha value is -0.290. The standard InChI is InChI=1S/C18H25NO.CH3I/c1-19-10-9-18-8-4-3-5-16(18)15-7-6-14(20-2)11-13(15)12-17(18)19;1-2/h6-7,11,16-17H,3-5,8-10,12H2,1-2H3;1H3. The number of nitrogens with zero attached hydrogens (tertiary/aromatic N) is 1. The maximum atomic E-state index is 5.44. The van der Waals surface area contributed by atoms with Crippen LogP contribution in [0.2, 0.25) is 0 Å². The van der Waals surface area contributed by atoms with Gasteiger partial charge >= 0.3 is 0 Å². The molecule has 3 unspecified atom stereocenters. The minimum absolute atomic E-state index is 0.578. The molecule has 122 valence electrons. The van der Waals surface area contributed by atoms with Crippen molar-refractivity contribution in [3.63, 3.8) is 0 Å². The van der Waals surface area contributed by atoms with Crippen molar-refractivity contribution in [1.29, 1.82) is 0 Å². The molecule has 1 aromatic rings. The highest BCUT2D eigenvalue weighted by Gasteiger charge is 2.54. The molecule has 0 N–H and O–H groups in total. The minimum atomic E-state index is 0.578. The first kappa shape index (κ1) is 16.6.